The molecule has 0 saturated carbocycles. The first kappa shape index (κ1) is 27.5. The van der Waals surface area contributed by atoms with E-state index in [1.165, 1.54) is 23.1 Å². The monoisotopic (exact) mass is 595 g/mol. The lowest BCUT2D eigenvalue weighted by atomic mass is 10.2. The number of nitrogens with zero attached hydrogens (tertiary/aromatic N) is 2. The highest BCUT2D eigenvalue weighted by molar-refractivity contribution is 9.10. The molecular formula is C25H27BrClN3O3S2. The number of aromatic nitrogens is 1. The lowest BCUT2D eigenvalue weighted by Gasteiger charge is -2.14. The number of carbonyl (C=O) groups excluding carboxylic acids is 1. The third kappa shape index (κ3) is 8.83. The molecule has 0 atom stereocenters. The van der Waals surface area contributed by atoms with Crippen LogP contribution in [0.1, 0.15) is 38.7 Å². The van der Waals surface area contributed by atoms with Gasteiger partial charge in [-0.05, 0) is 59.1 Å². The number of halogens is 2. The molecule has 35 heavy (non-hydrogen) atoms. The Labute approximate surface area is 227 Å². The van der Waals surface area contributed by atoms with E-state index in [0.29, 0.717) is 29.7 Å². The summed E-state index contributed by atoms with van der Waals surface area (Å²) in [5.74, 6) is 1.32. The van der Waals surface area contributed by atoms with E-state index in [1.54, 1.807) is 6.21 Å². The van der Waals surface area contributed by atoms with E-state index < -0.39 is 0 Å². The van der Waals surface area contributed by atoms with Crippen LogP contribution in [0.5, 0.6) is 11.5 Å². The Hall–Kier alpha value is -2.07. The SMILES string of the molecule is CCCCCOc1c(Br)cc(/C=N/NC(=O)CSc2nc(-c3ccc(Cl)cc3)cs2)cc1OCC. The van der Waals surface area contributed by atoms with Crippen LogP contribution in [0.15, 0.2) is 55.7 Å². The molecule has 1 aromatic heterocycles. The second-order valence-corrected chi connectivity index (χ2v) is 10.8. The van der Waals surface area contributed by atoms with Gasteiger partial charge in [-0.2, -0.15) is 5.10 Å². The van der Waals surface area contributed by atoms with Crippen molar-refractivity contribution in [1.82, 2.24) is 10.4 Å². The predicted molar refractivity (Wildman–Crippen MR) is 149 cm³/mol. The van der Waals surface area contributed by atoms with Crippen LogP contribution in [0, 0.1) is 0 Å². The first-order valence-corrected chi connectivity index (χ1v) is 14.3. The smallest absolute Gasteiger partial charge is 0.250 e. The molecule has 0 aliphatic heterocycles. The molecule has 0 unspecified atom stereocenters. The van der Waals surface area contributed by atoms with Gasteiger partial charge in [0.2, 0.25) is 0 Å². The molecule has 1 amide bonds. The van der Waals surface area contributed by atoms with Gasteiger partial charge in [0.1, 0.15) is 0 Å². The molecule has 0 saturated heterocycles. The van der Waals surface area contributed by atoms with E-state index >= 15 is 0 Å². The van der Waals surface area contributed by atoms with Gasteiger partial charge in [-0.3, -0.25) is 4.79 Å². The molecule has 1 heterocycles. The van der Waals surface area contributed by atoms with Crippen molar-refractivity contribution in [3.63, 3.8) is 0 Å². The van der Waals surface area contributed by atoms with Crippen molar-refractivity contribution in [3.05, 3.63) is 56.8 Å². The van der Waals surface area contributed by atoms with Crippen molar-refractivity contribution in [2.45, 2.75) is 37.4 Å². The fraction of sp³-hybridized carbons (Fsp3) is 0.320. The van der Waals surface area contributed by atoms with Gasteiger partial charge in [-0.15, -0.1) is 11.3 Å². The Kier molecular flexibility index (Phi) is 11.4. The summed E-state index contributed by atoms with van der Waals surface area (Å²) in [7, 11) is 0. The van der Waals surface area contributed by atoms with E-state index in [9.17, 15) is 4.79 Å². The zero-order valence-electron chi connectivity index (χ0n) is 19.6. The van der Waals surface area contributed by atoms with Crippen molar-refractivity contribution in [2.75, 3.05) is 19.0 Å². The molecule has 0 spiro atoms. The fourth-order valence-electron chi connectivity index (χ4n) is 3.01. The number of ether oxygens (including phenoxy) is 2. The van der Waals surface area contributed by atoms with Crippen LogP contribution >= 0.6 is 50.6 Å². The number of rotatable bonds is 13. The van der Waals surface area contributed by atoms with Gasteiger partial charge < -0.3 is 9.47 Å². The van der Waals surface area contributed by atoms with Crippen LogP contribution in [0.25, 0.3) is 11.3 Å². The molecular weight excluding hydrogens is 570 g/mol. The molecule has 0 radical (unpaired) electrons. The second kappa shape index (κ2) is 14.5. The number of thioether (sulfide) groups is 1. The Morgan fingerprint density at radius 3 is 2.77 bits per heavy atom. The Morgan fingerprint density at radius 2 is 2.03 bits per heavy atom. The van der Waals surface area contributed by atoms with Crippen LogP contribution < -0.4 is 14.9 Å². The zero-order valence-corrected chi connectivity index (χ0v) is 23.5. The maximum absolute atomic E-state index is 12.2. The molecule has 0 aliphatic rings. The van der Waals surface area contributed by atoms with E-state index in [2.05, 4.69) is 38.4 Å². The number of hydrogen-bond donors (Lipinski definition) is 1. The summed E-state index contributed by atoms with van der Waals surface area (Å²) < 4.78 is 13.3. The minimum atomic E-state index is -0.213. The van der Waals surface area contributed by atoms with Gasteiger partial charge in [-0.25, -0.2) is 10.4 Å². The fourth-order valence-corrected chi connectivity index (χ4v) is 5.33. The van der Waals surface area contributed by atoms with Gasteiger partial charge in [0.15, 0.2) is 15.8 Å². The molecule has 0 bridgehead atoms. The number of hydrazone groups is 1. The predicted octanol–water partition coefficient (Wildman–Crippen LogP) is 7.44. The quantitative estimate of drug-likeness (QED) is 0.0961. The molecule has 10 heteroatoms. The highest BCUT2D eigenvalue weighted by atomic mass is 79.9. The maximum atomic E-state index is 12.2. The lowest BCUT2D eigenvalue weighted by Crippen LogP contribution is -2.19. The number of hydrogen-bond acceptors (Lipinski definition) is 7. The highest BCUT2D eigenvalue weighted by Crippen LogP contribution is 2.37. The molecule has 1 N–H and O–H groups in total. The molecule has 6 nitrogen and oxygen atoms in total. The van der Waals surface area contributed by atoms with Gasteiger partial charge in [0, 0.05) is 16.0 Å². The van der Waals surface area contributed by atoms with Gasteiger partial charge in [0.25, 0.3) is 5.91 Å². The third-order valence-corrected chi connectivity index (χ3v) is 7.54. The summed E-state index contributed by atoms with van der Waals surface area (Å²) in [5.41, 5.74) is 5.19. The molecule has 0 aliphatic carbocycles. The Balaban J connectivity index is 1.53. The van der Waals surface area contributed by atoms with Crippen LogP contribution in [0.4, 0.5) is 0 Å². The first-order chi connectivity index (χ1) is 17.0. The standard InChI is InChI=1S/C25H27BrClN3O3S2/c1-3-5-6-11-33-24-20(26)12-17(13-22(24)32-4-2)14-28-30-23(31)16-35-25-29-21(15-34-25)18-7-9-19(27)10-8-18/h7-10,12-15H,3-6,11,16H2,1-2H3,(H,30,31)/b28-14+. The second-order valence-electron chi connectivity index (χ2n) is 7.41. The van der Waals surface area contributed by atoms with Crippen LogP contribution in [0.3, 0.4) is 0 Å². The maximum Gasteiger partial charge on any atom is 0.250 e. The third-order valence-electron chi connectivity index (χ3n) is 4.68. The van der Waals surface area contributed by atoms with Crippen LogP contribution in [-0.2, 0) is 4.79 Å². The van der Waals surface area contributed by atoms with E-state index in [0.717, 1.165) is 44.9 Å². The topological polar surface area (TPSA) is 72.8 Å². The number of nitrogens with one attached hydrogen (secondary N) is 1. The average molecular weight is 597 g/mol. The average Bonchev–Trinajstić information content (AvgIpc) is 3.31. The lowest BCUT2D eigenvalue weighted by molar-refractivity contribution is -0.118. The zero-order chi connectivity index (χ0) is 25.0. The largest absolute Gasteiger partial charge is 0.490 e. The summed E-state index contributed by atoms with van der Waals surface area (Å²) >= 11 is 12.4. The normalized spacial score (nSPS) is 11.1. The summed E-state index contributed by atoms with van der Waals surface area (Å²) in [6.45, 7) is 5.23. The number of unbranched alkanes of at least 4 members (excludes halogenated alkanes) is 2. The summed E-state index contributed by atoms with van der Waals surface area (Å²) in [5, 5.41) is 6.74. The number of carbonyl (C=O) groups is 1. The van der Waals surface area contributed by atoms with Crippen molar-refractivity contribution in [1.29, 1.82) is 0 Å². The first-order valence-electron chi connectivity index (χ1n) is 11.3. The van der Waals surface area contributed by atoms with Gasteiger partial charge in [-0.1, -0.05) is 55.3 Å². The summed E-state index contributed by atoms with van der Waals surface area (Å²) in [4.78, 5) is 16.8. The molecule has 186 valence electrons. The summed E-state index contributed by atoms with van der Waals surface area (Å²) in [6.07, 6.45) is 4.83. The van der Waals surface area contributed by atoms with E-state index in [1.807, 2.05) is 48.7 Å². The van der Waals surface area contributed by atoms with Crippen LogP contribution in [-0.4, -0.2) is 36.1 Å². The number of amides is 1. The molecule has 2 aromatic carbocycles. The number of thiazole rings is 1. The summed E-state index contributed by atoms with van der Waals surface area (Å²) in [6, 6.07) is 11.2. The van der Waals surface area contributed by atoms with Crippen molar-refractivity contribution >= 4 is 62.8 Å². The van der Waals surface area contributed by atoms with E-state index in [4.69, 9.17) is 21.1 Å². The molecule has 3 rings (SSSR count). The Bertz CT molecular complexity index is 1140. The number of benzene rings is 2. The molecule has 0 fully saturated rings. The van der Waals surface area contributed by atoms with E-state index in [-0.39, 0.29) is 11.7 Å². The minimum absolute atomic E-state index is 0.212. The van der Waals surface area contributed by atoms with Crippen molar-refractivity contribution < 1.29 is 14.3 Å². The van der Waals surface area contributed by atoms with Gasteiger partial charge in [0.05, 0.1) is 35.3 Å². The molecule has 3 aromatic rings. The van der Waals surface area contributed by atoms with Gasteiger partial charge >= 0.3 is 0 Å². The van der Waals surface area contributed by atoms with Crippen molar-refractivity contribution in [2.24, 2.45) is 5.10 Å². The highest BCUT2D eigenvalue weighted by Gasteiger charge is 2.12. The van der Waals surface area contributed by atoms with Crippen molar-refractivity contribution in [3.8, 4) is 22.8 Å². The Morgan fingerprint density at radius 1 is 1.23 bits per heavy atom. The minimum Gasteiger partial charge on any atom is -0.490 e. The van der Waals surface area contributed by atoms with Crippen LogP contribution in [0.2, 0.25) is 5.02 Å².